The topological polar surface area (TPSA) is 88.5 Å². The average molecular weight is 354 g/mol. The van der Waals surface area contributed by atoms with Gasteiger partial charge in [0.25, 0.3) is 5.91 Å². The molecule has 0 bridgehead atoms. The van der Waals surface area contributed by atoms with E-state index in [1.54, 1.807) is 12.1 Å². The zero-order chi connectivity index (χ0) is 18.5. The van der Waals surface area contributed by atoms with Crippen molar-refractivity contribution in [1.82, 2.24) is 10.3 Å². The fourth-order valence-corrected chi connectivity index (χ4v) is 2.91. The van der Waals surface area contributed by atoms with E-state index in [9.17, 15) is 14.7 Å². The van der Waals surface area contributed by atoms with Crippen LogP contribution in [0.1, 0.15) is 53.2 Å². The van der Waals surface area contributed by atoms with Crippen molar-refractivity contribution in [3.8, 4) is 5.88 Å². The van der Waals surface area contributed by atoms with Gasteiger partial charge in [-0.3, -0.25) is 9.59 Å². The third-order valence-corrected chi connectivity index (χ3v) is 4.58. The number of rotatable bonds is 7. The lowest BCUT2D eigenvalue weighted by atomic mass is 9.96. The number of carbonyl (C=O) groups excluding carboxylic acids is 1. The van der Waals surface area contributed by atoms with Gasteiger partial charge in [-0.2, -0.15) is 0 Å². The molecule has 1 aromatic heterocycles. The first-order chi connectivity index (χ1) is 12.5. The number of aryl methyl sites for hydroxylation is 1. The van der Waals surface area contributed by atoms with Gasteiger partial charge in [-0.25, -0.2) is 4.98 Å². The Morgan fingerprint density at radius 1 is 1.31 bits per heavy atom. The molecular formula is C20H22N2O4. The van der Waals surface area contributed by atoms with Crippen LogP contribution in [-0.2, 0) is 4.79 Å². The molecule has 1 amide bonds. The normalized spacial score (nSPS) is 15.0. The molecule has 1 heterocycles. The molecule has 0 spiro atoms. The van der Waals surface area contributed by atoms with E-state index in [2.05, 4.69) is 10.3 Å². The van der Waals surface area contributed by atoms with Crippen LogP contribution in [0.15, 0.2) is 42.6 Å². The van der Waals surface area contributed by atoms with Gasteiger partial charge >= 0.3 is 5.97 Å². The maximum absolute atomic E-state index is 12.7. The number of carbonyl (C=O) groups is 2. The monoisotopic (exact) mass is 354 g/mol. The number of benzene rings is 1. The lowest BCUT2D eigenvalue weighted by molar-refractivity contribution is -0.137. The highest BCUT2D eigenvalue weighted by molar-refractivity contribution is 5.94. The SMILES string of the molecule is Cc1ccccc1C(CC(=O)O)NC(=O)c1ccnc(OC2CCC2)c1. The first kappa shape index (κ1) is 17.9. The molecule has 6 nitrogen and oxygen atoms in total. The molecule has 1 fully saturated rings. The van der Waals surface area contributed by atoms with Gasteiger partial charge < -0.3 is 15.2 Å². The third-order valence-electron chi connectivity index (χ3n) is 4.58. The Morgan fingerprint density at radius 3 is 2.73 bits per heavy atom. The Kier molecular flexibility index (Phi) is 5.51. The summed E-state index contributed by atoms with van der Waals surface area (Å²) in [5.74, 6) is -0.893. The Bertz CT molecular complexity index is 802. The van der Waals surface area contributed by atoms with Crippen LogP contribution in [0, 0.1) is 6.92 Å². The zero-order valence-electron chi connectivity index (χ0n) is 14.6. The van der Waals surface area contributed by atoms with E-state index in [1.165, 1.54) is 6.20 Å². The number of aromatic nitrogens is 1. The lowest BCUT2D eigenvalue weighted by Gasteiger charge is -2.25. The molecule has 1 atom stereocenters. The van der Waals surface area contributed by atoms with E-state index in [0.29, 0.717) is 11.4 Å². The van der Waals surface area contributed by atoms with Crippen LogP contribution in [0.3, 0.4) is 0 Å². The number of carboxylic acid groups (broad SMARTS) is 1. The lowest BCUT2D eigenvalue weighted by Crippen LogP contribution is -2.31. The highest BCUT2D eigenvalue weighted by atomic mass is 16.5. The van der Waals surface area contributed by atoms with E-state index < -0.39 is 12.0 Å². The summed E-state index contributed by atoms with van der Waals surface area (Å²) in [4.78, 5) is 28.0. The first-order valence-electron chi connectivity index (χ1n) is 8.74. The molecule has 6 heteroatoms. The van der Waals surface area contributed by atoms with Crippen molar-refractivity contribution in [3.63, 3.8) is 0 Å². The van der Waals surface area contributed by atoms with Crippen molar-refractivity contribution in [1.29, 1.82) is 0 Å². The Balaban J connectivity index is 1.76. The molecule has 1 unspecified atom stereocenters. The van der Waals surface area contributed by atoms with Crippen molar-refractivity contribution < 1.29 is 19.4 Å². The third kappa shape index (κ3) is 4.39. The first-order valence-corrected chi connectivity index (χ1v) is 8.74. The molecule has 1 aliphatic rings. The van der Waals surface area contributed by atoms with Crippen LogP contribution in [0.4, 0.5) is 0 Å². The molecule has 0 saturated heterocycles. The maximum atomic E-state index is 12.7. The number of ether oxygens (including phenoxy) is 1. The summed E-state index contributed by atoms with van der Waals surface area (Å²) < 4.78 is 5.73. The Hall–Kier alpha value is -2.89. The standard InChI is InChI=1S/C20H22N2O4/c1-13-5-2-3-8-16(13)17(12-19(23)24)22-20(25)14-9-10-21-18(11-14)26-15-6-4-7-15/h2-3,5,8-11,15,17H,4,6-7,12H2,1H3,(H,22,25)(H,23,24). The van der Waals surface area contributed by atoms with Crippen molar-refractivity contribution in [3.05, 3.63) is 59.3 Å². The smallest absolute Gasteiger partial charge is 0.305 e. The Labute approximate surface area is 152 Å². The summed E-state index contributed by atoms with van der Waals surface area (Å²) in [5.41, 5.74) is 2.13. The molecule has 0 radical (unpaired) electrons. The number of hydrogen-bond donors (Lipinski definition) is 2. The van der Waals surface area contributed by atoms with Gasteiger partial charge in [0.05, 0.1) is 12.5 Å². The average Bonchev–Trinajstić information content (AvgIpc) is 2.58. The van der Waals surface area contributed by atoms with Crippen molar-refractivity contribution >= 4 is 11.9 Å². The van der Waals surface area contributed by atoms with Crippen LogP contribution >= 0.6 is 0 Å². The highest BCUT2D eigenvalue weighted by Crippen LogP contribution is 2.25. The molecule has 136 valence electrons. The van der Waals surface area contributed by atoms with Gasteiger partial charge in [0, 0.05) is 17.8 Å². The van der Waals surface area contributed by atoms with Crippen molar-refractivity contribution in [2.24, 2.45) is 0 Å². The number of hydrogen-bond acceptors (Lipinski definition) is 4. The second-order valence-corrected chi connectivity index (χ2v) is 6.53. The number of nitrogens with zero attached hydrogens (tertiary/aromatic N) is 1. The fraction of sp³-hybridized carbons (Fsp3) is 0.350. The van der Waals surface area contributed by atoms with Crippen molar-refractivity contribution in [2.75, 3.05) is 0 Å². The molecule has 26 heavy (non-hydrogen) atoms. The van der Waals surface area contributed by atoms with Gasteiger partial charge in [0.1, 0.15) is 6.10 Å². The van der Waals surface area contributed by atoms with Crippen LogP contribution in [0.5, 0.6) is 5.88 Å². The summed E-state index contributed by atoms with van der Waals surface area (Å²) in [7, 11) is 0. The fourth-order valence-electron chi connectivity index (χ4n) is 2.91. The van der Waals surface area contributed by atoms with Crippen LogP contribution in [0.25, 0.3) is 0 Å². The van der Waals surface area contributed by atoms with E-state index in [1.807, 2.05) is 31.2 Å². The molecule has 0 aliphatic heterocycles. The number of nitrogens with one attached hydrogen (secondary N) is 1. The minimum Gasteiger partial charge on any atom is -0.481 e. The molecule has 1 saturated carbocycles. The maximum Gasteiger partial charge on any atom is 0.305 e. The highest BCUT2D eigenvalue weighted by Gasteiger charge is 2.22. The van der Waals surface area contributed by atoms with Crippen LogP contribution in [0.2, 0.25) is 0 Å². The Morgan fingerprint density at radius 2 is 2.08 bits per heavy atom. The van der Waals surface area contributed by atoms with E-state index in [4.69, 9.17) is 4.74 Å². The summed E-state index contributed by atoms with van der Waals surface area (Å²) >= 11 is 0. The van der Waals surface area contributed by atoms with Crippen LogP contribution < -0.4 is 10.1 Å². The molecule has 1 aromatic carbocycles. The minimum atomic E-state index is -0.970. The molecule has 1 aliphatic carbocycles. The zero-order valence-corrected chi connectivity index (χ0v) is 14.6. The second-order valence-electron chi connectivity index (χ2n) is 6.53. The van der Waals surface area contributed by atoms with Gasteiger partial charge in [-0.05, 0) is 43.4 Å². The van der Waals surface area contributed by atoms with Gasteiger partial charge in [-0.15, -0.1) is 0 Å². The minimum absolute atomic E-state index is 0.174. The van der Waals surface area contributed by atoms with E-state index >= 15 is 0 Å². The van der Waals surface area contributed by atoms with Gasteiger partial charge in [-0.1, -0.05) is 24.3 Å². The molecular weight excluding hydrogens is 332 g/mol. The van der Waals surface area contributed by atoms with E-state index in [0.717, 1.165) is 30.4 Å². The summed E-state index contributed by atoms with van der Waals surface area (Å²) in [6.45, 7) is 1.90. The summed E-state index contributed by atoms with van der Waals surface area (Å²) in [5, 5.41) is 12.0. The van der Waals surface area contributed by atoms with Gasteiger partial charge in [0.2, 0.25) is 5.88 Å². The van der Waals surface area contributed by atoms with Gasteiger partial charge in [0.15, 0.2) is 0 Å². The number of aliphatic carboxylic acids is 1. The van der Waals surface area contributed by atoms with Crippen molar-refractivity contribution in [2.45, 2.75) is 44.8 Å². The molecule has 2 N–H and O–H groups in total. The number of carboxylic acids is 1. The summed E-state index contributed by atoms with van der Waals surface area (Å²) in [6.07, 6.45) is 4.68. The largest absolute Gasteiger partial charge is 0.481 e. The number of pyridine rings is 1. The van der Waals surface area contributed by atoms with E-state index in [-0.39, 0.29) is 18.4 Å². The predicted molar refractivity (Wildman–Crippen MR) is 96.1 cm³/mol. The summed E-state index contributed by atoms with van der Waals surface area (Å²) in [6, 6.07) is 10.0. The second kappa shape index (κ2) is 7.99. The molecule has 3 rings (SSSR count). The van der Waals surface area contributed by atoms with Crippen LogP contribution in [-0.4, -0.2) is 28.1 Å². The quantitative estimate of drug-likeness (QED) is 0.797. The predicted octanol–water partition coefficient (Wildman–Crippen LogP) is 3.27. The number of amides is 1. The molecule has 2 aromatic rings.